The molecule has 0 spiro atoms. The van der Waals surface area contributed by atoms with E-state index < -0.39 is 0 Å². The number of carbonyl (C=O) groups excluding carboxylic acids is 1. The first kappa shape index (κ1) is 21.2. The van der Waals surface area contributed by atoms with E-state index in [1.165, 1.54) is 6.07 Å². The van der Waals surface area contributed by atoms with Gasteiger partial charge in [-0.1, -0.05) is 54.1 Å². The zero-order valence-electron chi connectivity index (χ0n) is 15.7. The van der Waals surface area contributed by atoms with Gasteiger partial charge in [-0.3, -0.25) is 4.79 Å². The fourth-order valence-corrected chi connectivity index (χ4v) is 3.68. The minimum atomic E-state index is -0.197. The largest absolute Gasteiger partial charge is 0.489 e. The lowest BCUT2D eigenvalue weighted by Gasteiger charge is -2.10. The van der Waals surface area contributed by atoms with Crippen LogP contribution in [-0.2, 0) is 12.4 Å². The monoisotopic (exact) mass is 429 g/mol. The summed E-state index contributed by atoms with van der Waals surface area (Å²) in [4.78, 5) is 12.4. The maximum absolute atomic E-state index is 13.6. The zero-order valence-corrected chi connectivity index (χ0v) is 17.3. The first-order chi connectivity index (χ1) is 14.1. The number of rotatable bonds is 9. The van der Waals surface area contributed by atoms with Gasteiger partial charge in [-0.15, -0.1) is 0 Å². The second kappa shape index (κ2) is 10.9. The number of thioether (sulfide) groups is 1. The van der Waals surface area contributed by atoms with Crippen LogP contribution in [0.1, 0.15) is 21.5 Å². The predicted molar refractivity (Wildman–Crippen MR) is 117 cm³/mol. The van der Waals surface area contributed by atoms with Crippen molar-refractivity contribution in [2.24, 2.45) is 0 Å². The van der Waals surface area contributed by atoms with Crippen molar-refractivity contribution in [1.82, 2.24) is 5.32 Å². The van der Waals surface area contributed by atoms with Crippen molar-refractivity contribution < 1.29 is 13.9 Å². The van der Waals surface area contributed by atoms with Crippen LogP contribution in [0.5, 0.6) is 5.75 Å². The van der Waals surface area contributed by atoms with Crippen LogP contribution in [0.4, 0.5) is 4.39 Å². The molecule has 3 nitrogen and oxygen atoms in total. The van der Waals surface area contributed by atoms with Gasteiger partial charge in [-0.05, 0) is 35.9 Å². The van der Waals surface area contributed by atoms with E-state index in [1.54, 1.807) is 48.2 Å². The van der Waals surface area contributed by atoms with E-state index in [9.17, 15) is 9.18 Å². The molecule has 1 N–H and O–H groups in total. The maximum Gasteiger partial charge on any atom is 0.251 e. The molecular weight excluding hydrogens is 409 g/mol. The highest BCUT2D eigenvalue weighted by atomic mass is 35.5. The molecule has 0 heterocycles. The SMILES string of the molecule is O=C(NCCSCc1ccccc1F)c1cccc(OCc2ccccc2Cl)c1. The number of carbonyl (C=O) groups is 1. The molecule has 0 aromatic heterocycles. The molecule has 0 atom stereocenters. The fourth-order valence-electron chi connectivity index (χ4n) is 2.64. The Labute approximate surface area is 179 Å². The Morgan fingerprint density at radius 2 is 1.76 bits per heavy atom. The number of hydrogen-bond donors (Lipinski definition) is 1. The summed E-state index contributed by atoms with van der Waals surface area (Å²) in [5, 5.41) is 3.53. The molecule has 0 fully saturated rings. The van der Waals surface area contributed by atoms with Gasteiger partial charge in [0, 0.05) is 34.2 Å². The standard InChI is InChI=1S/C23H21ClFNO2S/c24-21-10-3-1-6-18(21)15-28-20-9-5-8-17(14-20)23(27)26-12-13-29-16-19-7-2-4-11-22(19)25/h1-11,14H,12-13,15-16H2,(H,26,27). The van der Waals surface area contributed by atoms with Crippen molar-refractivity contribution in [3.8, 4) is 5.75 Å². The van der Waals surface area contributed by atoms with Crippen LogP contribution in [-0.4, -0.2) is 18.2 Å². The van der Waals surface area contributed by atoms with Crippen molar-refractivity contribution in [2.75, 3.05) is 12.3 Å². The summed E-state index contributed by atoms with van der Waals surface area (Å²) in [5.41, 5.74) is 2.09. The lowest BCUT2D eigenvalue weighted by Crippen LogP contribution is -2.25. The lowest BCUT2D eigenvalue weighted by atomic mass is 10.2. The Bertz CT molecular complexity index is 967. The second-order valence-corrected chi connectivity index (χ2v) is 7.82. The number of ether oxygens (including phenoxy) is 1. The Morgan fingerprint density at radius 1 is 1.00 bits per heavy atom. The molecule has 0 radical (unpaired) electrons. The Morgan fingerprint density at radius 3 is 2.55 bits per heavy atom. The van der Waals surface area contributed by atoms with E-state index in [0.717, 1.165) is 5.56 Å². The maximum atomic E-state index is 13.6. The first-order valence-corrected chi connectivity index (χ1v) is 10.7. The molecule has 0 aliphatic rings. The molecule has 29 heavy (non-hydrogen) atoms. The van der Waals surface area contributed by atoms with Crippen LogP contribution in [0, 0.1) is 5.82 Å². The molecule has 1 amide bonds. The van der Waals surface area contributed by atoms with Crippen LogP contribution >= 0.6 is 23.4 Å². The number of nitrogens with one attached hydrogen (secondary N) is 1. The minimum Gasteiger partial charge on any atom is -0.489 e. The van der Waals surface area contributed by atoms with Crippen molar-refractivity contribution in [3.63, 3.8) is 0 Å². The van der Waals surface area contributed by atoms with Gasteiger partial charge in [0.25, 0.3) is 5.91 Å². The Hall–Kier alpha value is -2.50. The summed E-state index contributed by atoms with van der Waals surface area (Å²) in [5.74, 6) is 1.51. The molecule has 0 aliphatic carbocycles. The average Bonchev–Trinajstić information content (AvgIpc) is 2.74. The van der Waals surface area contributed by atoms with Crippen molar-refractivity contribution >= 4 is 29.3 Å². The molecule has 6 heteroatoms. The van der Waals surface area contributed by atoms with Gasteiger partial charge in [0.1, 0.15) is 18.2 Å². The van der Waals surface area contributed by atoms with Gasteiger partial charge in [-0.2, -0.15) is 11.8 Å². The van der Waals surface area contributed by atoms with Crippen LogP contribution < -0.4 is 10.1 Å². The number of hydrogen-bond acceptors (Lipinski definition) is 3. The summed E-state index contributed by atoms with van der Waals surface area (Å²) in [6.07, 6.45) is 0. The highest BCUT2D eigenvalue weighted by Crippen LogP contribution is 2.19. The van der Waals surface area contributed by atoms with E-state index in [-0.39, 0.29) is 11.7 Å². The average molecular weight is 430 g/mol. The third kappa shape index (κ3) is 6.51. The van der Waals surface area contributed by atoms with Gasteiger partial charge in [0.05, 0.1) is 0 Å². The molecule has 0 saturated heterocycles. The molecule has 0 aliphatic heterocycles. The fraction of sp³-hybridized carbons (Fsp3) is 0.174. The number of halogens is 2. The van der Waals surface area contributed by atoms with Crippen molar-refractivity contribution in [1.29, 1.82) is 0 Å². The van der Waals surface area contributed by atoms with E-state index in [2.05, 4.69) is 5.32 Å². The van der Waals surface area contributed by atoms with Crippen LogP contribution in [0.3, 0.4) is 0 Å². The molecule has 0 unspecified atom stereocenters. The summed E-state index contributed by atoms with van der Waals surface area (Å²) in [7, 11) is 0. The van der Waals surface area contributed by atoms with E-state index in [1.807, 2.05) is 30.3 Å². The summed E-state index contributed by atoms with van der Waals surface area (Å²) < 4.78 is 19.3. The number of benzene rings is 3. The van der Waals surface area contributed by atoms with Gasteiger partial charge < -0.3 is 10.1 Å². The smallest absolute Gasteiger partial charge is 0.251 e. The zero-order chi connectivity index (χ0) is 20.5. The second-order valence-electron chi connectivity index (χ2n) is 6.31. The highest BCUT2D eigenvalue weighted by molar-refractivity contribution is 7.98. The molecule has 3 aromatic carbocycles. The van der Waals surface area contributed by atoms with Gasteiger partial charge in [0.2, 0.25) is 0 Å². The highest BCUT2D eigenvalue weighted by Gasteiger charge is 2.07. The molecule has 0 bridgehead atoms. The molecule has 3 aromatic rings. The predicted octanol–water partition coefficient (Wildman–Crippen LogP) is 5.72. The molecule has 3 rings (SSSR count). The lowest BCUT2D eigenvalue weighted by molar-refractivity contribution is 0.0955. The normalized spacial score (nSPS) is 10.6. The minimum absolute atomic E-state index is 0.167. The third-order valence-electron chi connectivity index (χ3n) is 4.20. The quantitative estimate of drug-likeness (QED) is 0.442. The first-order valence-electron chi connectivity index (χ1n) is 9.19. The summed E-state index contributed by atoms with van der Waals surface area (Å²) >= 11 is 7.71. The van der Waals surface area contributed by atoms with E-state index >= 15 is 0 Å². The van der Waals surface area contributed by atoms with Crippen molar-refractivity contribution in [3.05, 3.63) is 100 Å². The Kier molecular flexibility index (Phi) is 7.96. The molecule has 150 valence electrons. The Balaban J connectivity index is 1.44. The van der Waals surface area contributed by atoms with Crippen LogP contribution in [0.15, 0.2) is 72.8 Å². The van der Waals surface area contributed by atoms with Gasteiger partial charge in [-0.25, -0.2) is 4.39 Å². The van der Waals surface area contributed by atoms with E-state index in [4.69, 9.17) is 16.3 Å². The number of amides is 1. The van der Waals surface area contributed by atoms with Crippen molar-refractivity contribution in [2.45, 2.75) is 12.4 Å². The molecular formula is C23H21ClFNO2S. The molecule has 0 saturated carbocycles. The van der Waals surface area contributed by atoms with E-state index in [0.29, 0.717) is 46.6 Å². The topological polar surface area (TPSA) is 38.3 Å². The summed E-state index contributed by atoms with van der Waals surface area (Å²) in [6.45, 7) is 0.833. The summed E-state index contributed by atoms with van der Waals surface area (Å²) in [6, 6.07) is 21.2. The third-order valence-corrected chi connectivity index (χ3v) is 5.57. The van der Waals surface area contributed by atoms with Crippen LogP contribution in [0.2, 0.25) is 5.02 Å². The van der Waals surface area contributed by atoms with Gasteiger partial charge in [0.15, 0.2) is 0 Å². The van der Waals surface area contributed by atoms with Gasteiger partial charge >= 0.3 is 0 Å². The van der Waals surface area contributed by atoms with Crippen LogP contribution in [0.25, 0.3) is 0 Å².